The van der Waals surface area contributed by atoms with Crippen LogP contribution < -0.4 is 5.32 Å². The van der Waals surface area contributed by atoms with Gasteiger partial charge in [0.15, 0.2) is 0 Å². The lowest BCUT2D eigenvalue weighted by Crippen LogP contribution is -2.45. The van der Waals surface area contributed by atoms with Gasteiger partial charge in [0.1, 0.15) is 0 Å². The number of carbonyl (C=O) groups excluding carboxylic acids is 2. The van der Waals surface area contributed by atoms with Gasteiger partial charge in [-0.2, -0.15) is 0 Å². The van der Waals surface area contributed by atoms with Gasteiger partial charge in [0.2, 0.25) is 5.91 Å². The summed E-state index contributed by atoms with van der Waals surface area (Å²) in [5.41, 5.74) is 0. The van der Waals surface area contributed by atoms with Crippen LogP contribution in [-0.2, 0) is 4.79 Å². The lowest BCUT2D eigenvalue weighted by molar-refractivity contribution is -0.127. The predicted molar refractivity (Wildman–Crippen MR) is 60.0 cm³/mol. The van der Waals surface area contributed by atoms with E-state index in [1.807, 2.05) is 4.90 Å². The Morgan fingerprint density at radius 3 is 2.69 bits per heavy atom. The van der Waals surface area contributed by atoms with Gasteiger partial charge in [-0.1, -0.05) is 6.92 Å². The summed E-state index contributed by atoms with van der Waals surface area (Å²) in [6.45, 7) is 5.00. The highest BCUT2D eigenvalue weighted by molar-refractivity contribution is 5.95. The van der Waals surface area contributed by atoms with Crippen molar-refractivity contribution in [1.29, 1.82) is 0 Å². The molecule has 0 bridgehead atoms. The maximum Gasteiger partial charge on any atom is 0.327 e. The number of urea groups is 1. The zero-order valence-electron chi connectivity index (χ0n) is 9.74. The minimum atomic E-state index is -0.0845. The molecule has 5 heteroatoms. The van der Waals surface area contributed by atoms with Gasteiger partial charge < -0.3 is 10.2 Å². The third kappa shape index (κ3) is 2.04. The maximum atomic E-state index is 12.0. The highest BCUT2D eigenvalue weighted by atomic mass is 16.2. The predicted octanol–water partition coefficient (Wildman–Crippen LogP) is 0.413. The largest absolute Gasteiger partial charge is 0.327 e. The fourth-order valence-corrected chi connectivity index (χ4v) is 2.43. The van der Waals surface area contributed by atoms with Gasteiger partial charge in [0.05, 0.1) is 0 Å². The lowest BCUT2D eigenvalue weighted by atomic mass is 10.1. The Kier molecular flexibility index (Phi) is 3.43. The Morgan fingerprint density at radius 2 is 2.06 bits per heavy atom. The topological polar surface area (TPSA) is 52.7 Å². The molecule has 2 aliphatic heterocycles. The Bertz CT molecular complexity index is 287. The van der Waals surface area contributed by atoms with E-state index in [1.54, 1.807) is 6.92 Å². The molecule has 5 nitrogen and oxygen atoms in total. The van der Waals surface area contributed by atoms with Gasteiger partial charge in [0, 0.05) is 25.6 Å². The van der Waals surface area contributed by atoms with Gasteiger partial charge in [-0.05, 0) is 25.9 Å². The molecule has 0 aromatic carbocycles. The fourth-order valence-electron chi connectivity index (χ4n) is 2.43. The van der Waals surface area contributed by atoms with Crippen molar-refractivity contribution in [1.82, 2.24) is 15.1 Å². The SMILES string of the molecule is CCC(=O)N1CCN(C2CCNCC2)C1=O. The summed E-state index contributed by atoms with van der Waals surface area (Å²) in [6, 6.07) is 0.238. The molecule has 0 spiro atoms. The Morgan fingerprint density at radius 1 is 1.38 bits per heavy atom. The van der Waals surface area contributed by atoms with Crippen LogP contribution in [0.15, 0.2) is 0 Å². The number of hydrogen-bond acceptors (Lipinski definition) is 3. The number of hydrogen-bond donors (Lipinski definition) is 1. The quantitative estimate of drug-likeness (QED) is 0.740. The van der Waals surface area contributed by atoms with Crippen LogP contribution in [0.3, 0.4) is 0 Å². The van der Waals surface area contributed by atoms with Gasteiger partial charge in [0.25, 0.3) is 0 Å². The summed E-state index contributed by atoms with van der Waals surface area (Å²) >= 11 is 0. The zero-order valence-corrected chi connectivity index (χ0v) is 9.74. The molecule has 2 aliphatic rings. The van der Waals surface area contributed by atoms with Crippen molar-refractivity contribution in [3.63, 3.8) is 0 Å². The van der Waals surface area contributed by atoms with Crippen LogP contribution in [-0.4, -0.2) is 54.0 Å². The minimum Gasteiger partial charge on any atom is -0.319 e. The Hall–Kier alpha value is -1.10. The molecule has 0 aromatic heterocycles. The first-order valence-electron chi connectivity index (χ1n) is 6.05. The second kappa shape index (κ2) is 4.82. The molecular weight excluding hydrogens is 206 g/mol. The van der Waals surface area contributed by atoms with Crippen molar-refractivity contribution >= 4 is 11.9 Å². The molecule has 2 rings (SSSR count). The molecule has 3 amide bonds. The number of nitrogens with one attached hydrogen (secondary N) is 1. The Balaban J connectivity index is 1.98. The minimum absolute atomic E-state index is 0.0542. The van der Waals surface area contributed by atoms with Crippen molar-refractivity contribution in [3.05, 3.63) is 0 Å². The normalized spacial score (nSPS) is 22.9. The molecule has 16 heavy (non-hydrogen) atoms. The van der Waals surface area contributed by atoms with E-state index < -0.39 is 0 Å². The number of piperidine rings is 1. The van der Waals surface area contributed by atoms with Crippen molar-refractivity contribution in [2.45, 2.75) is 32.2 Å². The molecule has 2 heterocycles. The lowest BCUT2D eigenvalue weighted by Gasteiger charge is -2.31. The number of amides is 3. The van der Waals surface area contributed by atoms with Gasteiger partial charge >= 0.3 is 6.03 Å². The van der Waals surface area contributed by atoms with E-state index in [4.69, 9.17) is 0 Å². The number of nitrogens with zero attached hydrogens (tertiary/aromatic N) is 2. The van der Waals surface area contributed by atoms with Crippen LogP contribution in [0.2, 0.25) is 0 Å². The van der Waals surface area contributed by atoms with Gasteiger partial charge in [-0.3, -0.25) is 9.69 Å². The van der Waals surface area contributed by atoms with E-state index in [2.05, 4.69) is 5.32 Å². The summed E-state index contributed by atoms with van der Waals surface area (Å²) in [6.07, 6.45) is 2.41. The van der Waals surface area contributed by atoms with Crippen LogP contribution in [0.25, 0.3) is 0 Å². The molecule has 2 saturated heterocycles. The zero-order chi connectivity index (χ0) is 11.5. The summed E-state index contributed by atoms with van der Waals surface area (Å²) in [7, 11) is 0. The molecule has 0 aliphatic carbocycles. The van der Waals surface area contributed by atoms with E-state index in [0.717, 1.165) is 25.9 Å². The molecule has 90 valence electrons. The van der Waals surface area contributed by atoms with Crippen molar-refractivity contribution in [2.24, 2.45) is 0 Å². The second-order valence-electron chi connectivity index (χ2n) is 4.36. The van der Waals surface area contributed by atoms with Gasteiger partial charge in [-0.25, -0.2) is 4.79 Å². The first-order valence-corrected chi connectivity index (χ1v) is 6.05. The summed E-state index contributed by atoms with van der Waals surface area (Å²) in [4.78, 5) is 26.8. The van der Waals surface area contributed by atoms with Crippen molar-refractivity contribution in [3.8, 4) is 0 Å². The van der Waals surface area contributed by atoms with E-state index in [1.165, 1.54) is 4.90 Å². The number of carbonyl (C=O) groups is 2. The first-order chi connectivity index (χ1) is 7.74. The monoisotopic (exact) mass is 225 g/mol. The standard InChI is InChI=1S/C11H19N3O2/c1-2-10(15)14-8-7-13(11(14)16)9-3-5-12-6-4-9/h9,12H,2-8H2,1H3. The molecule has 0 aromatic rings. The third-order valence-electron chi connectivity index (χ3n) is 3.39. The van der Waals surface area contributed by atoms with Crippen LogP contribution in [0, 0.1) is 0 Å². The average molecular weight is 225 g/mol. The maximum absolute atomic E-state index is 12.0. The van der Waals surface area contributed by atoms with E-state index in [9.17, 15) is 9.59 Å². The molecular formula is C11H19N3O2. The summed E-state index contributed by atoms with van der Waals surface area (Å²) in [5, 5.41) is 3.28. The number of rotatable bonds is 2. The summed E-state index contributed by atoms with van der Waals surface area (Å²) in [5.74, 6) is -0.0542. The van der Waals surface area contributed by atoms with Crippen molar-refractivity contribution < 1.29 is 9.59 Å². The molecule has 0 unspecified atom stereocenters. The first kappa shape index (κ1) is 11.4. The van der Waals surface area contributed by atoms with E-state index in [-0.39, 0.29) is 11.9 Å². The Labute approximate surface area is 95.8 Å². The third-order valence-corrected chi connectivity index (χ3v) is 3.39. The van der Waals surface area contributed by atoms with E-state index in [0.29, 0.717) is 25.6 Å². The summed E-state index contributed by atoms with van der Waals surface area (Å²) < 4.78 is 0. The second-order valence-corrected chi connectivity index (χ2v) is 4.36. The average Bonchev–Trinajstić information content (AvgIpc) is 2.71. The highest BCUT2D eigenvalue weighted by Gasteiger charge is 2.36. The fraction of sp³-hybridized carbons (Fsp3) is 0.818. The molecule has 1 N–H and O–H groups in total. The molecule has 2 fully saturated rings. The van der Waals surface area contributed by atoms with Crippen LogP contribution in [0.5, 0.6) is 0 Å². The van der Waals surface area contributed by atoms with Crippen LogP contribution >= 0.6 is 0 Å². The molecule has 0 saturated carbocycles. The molecule has 0 radical (unpaired) electrons. The van der Waals surface area contributed by atoms with Crippen LogP contribution in [0.4, 0.5) is 4.79 Å². The van der Waals surface area contributed by atoms with Crippen molar-refractivity contribution in [2.75, 3.05) is 26.2 Å². The molecule has 0 atom stereocenters. The number of imide groups is 1. The highest BCUT2D eigenvalue weighted by Crippen LogP contribution is 2.19. The van der Waals surface area contributed by atoms with Gasteiger partial charge in [-0.15, -0.1) is 0 Å². The van der Waals surface area contributed by atoms with E-state index >= 15 is 0 Å². The van der Waals surface area contributed by atoms with Crippen LogP contribution in [0.1, 0.15) is 26.2 Å². The smallest absolute Gasteiger partial charge is 0.319 e.